The van der Waals surface area contributed by atoms with Crippen LogP contribution in [0, 0.1) is 20.8 Å². The molecule has 0 aromatic carbocycles. The summed E-state index contributed by atoms with van der Waals surface area (Å²) in [5.74, 6) is -0.955. The predicted octanol–water partition coefficient (Wildman–Crippen LogP) is 0.634. The summed E-state index contributed by atoms with van der Waals surface area (Å²) in [4.78, 5) is 35.2. The summed E-state index contributed by atoms with van der Waals surface area (Å²) in [6.45, 7) is 5.41. The summed E-state index contributed by atoms with van der Waals surface area (Å²) in [5.41, 5.74) is 2.60. The topological polar surface area (TPSA) is 98.0 Å². The molecule has 0 atom stereocenters. The van der Waals surface area contributed by atoms with Gasteiger partial charge in [-0.05, 0) is 20.8 Å². The van der Waals surface area contributed by atoms with Gasteiger partial charge in [-0.2, -0.15) is 4.98 Å². The molecule has 2 aromatic rings. The molecule has 2 aromatic heterocycles. The highest BCUT2D eigenvalue weighted by Crippen LogP contribution is 2.11. The minimum absolute atomic E-state index is 0.162. The van der Waals surface area contributed by atoms with Gasteiger partial charge in [-0.25, -0.2) is 4.79 Å². The summed E-state index contributed by atoms with van der Waals surface area (Å²) in [6, 6.07) is 0. The quantitative estimate of drug-likeness (QED) is 0.886. The van der Waals surface area contributed by atoms with Gasteiger partial charge < -0.3 is 5.11 Å². The van der Waals surface area contributed by atoms with Crippen molar-refractivity contribution in [2.45, 2.75) is 33.7 Å². The van der Waals surface area contributed by atoms with E-state index in [2.05, 4.69) is 15.0 Å². The smallest absolute Gasteiger partial charge is 0.348 e. The third kappa shape index (κ3) is 3.31. The number of carbonyl (C=O) groups is 1. The lowest BCUT2D eigenvalue weighted by Gasteiger charge is -2.14. The summed E-state index contributed by atoms with van der Waals surface area (Å²) in [6.07, 6.45) is 3.05. The fourth-order valence-electron chi connectivity index (χ4n) is 2.10. The Morgan fingerprint density at radius 3 is 2.52 bits per heavy atom. The Labute approximate surface area is 121 Å². The third-order valence-electron chi connectivity index (χ3n) is 3.26. The molecule has 0 saturated carbocycles. The van der Waals surface area contributed by atoms with Crippen molar-refractivity contribution in [1.29, 1.82) is 0 Å². The van der Waals surface area contributed by atoms with Gasteiger partial charge in [0.15, 0.2) is 0 Å². The average molecular weight is 288 g/mol. The molecule has 7 nitrogen and oxygen atoms in total. The molecule has 0 spiro atoms. The van der Waals surface area contributed by atoms with Crippen LogP contribution in [0.15, 0.2) is 17.2 Å². The van der Waals surface area contributed by atoms with Crippen molar-refractivity contribution < 1.29 is 9.90 Å². The number of nitrogens with zero attached hydrogens (tertiary/aromatic N) is 4. The van der Waals surface area contributed by atoms with Crippen LogP contribution >= 0.6 is 0 Å². The Bertz CT molecular complexity index is 735. The van der Waals surface area contributed by atoms with Gasteiger partial charge in [0, 0.05) is 23.1 Å². The first-order valence-electron chi connectivity index (χ1n) is 6.44. The molecule has 0 saturated heterocycles. The molecule has 2 rings (SSSR count). The highest BCUT2D eigenvalue weighted by atomic mass is 16.4. The van der Waals surface area contributed by atoms with Crippen LogP contribution in [0.25, 0.3) is 0 Å². The molecule has 0 unspecified atom stereocenters. The van der Waals surface area contributed by atoms with Crippen molar-refractivity contribution in [3.8, 4) is 0 Å². The Kier molecular flexibility index (Phi) is 4.11. The number of hydrogen-bond donors (Lipinski definition) is 1. The van der Waals surface area contributed by atoms with Crippen molar-refractivity contribution in [1.82, 2.24) is 19.5 Å². The molecule has 0 aliphatic rings. The monoisotopic (exact) mass is 288 g/mol. The first kappa shape index (κ1) is 14.8. The lowest BCUT2D eigenvalue weighted by molar-refractivity contribution is -0.136. The molecule has 1 N–H and O–H groups in total. The second kappa shape index (κ2) is 5.82. The molecule has 21 heavy (non-hydrogen) atoms. The fraction of sp³-hybridized carbons (Fsp3) is 0.357. The van der Waals surface area contributed by atoms with Crippen molar-refractivity contribution >= 4 is 5.97 Å². The first-order chi connectivity index (χ1) is 9.88. The zero-order valence-corrected chi connectivity index (χ0v) is 12.1. The van der Waals surface area contributed by atoms with Crippen molar-refractivity contribution in [3.05, 3.63) is 51.2 Å². The lowest BCUT2D eigenvalue weighted by Crippen LogP contribution is -2.29. The molecule has 0 radical (unpaired) electrons. The largest absolute Gasteiger partial charge is 0.481 e. The highest BCUT2D eigenvalue weighted by molar-refractivity contribution is 5.70. The number of aromatic nitrogens is 4. The van der Waals surface area contributed by atoms with Crippen LogP contribution in [0.5, 0.6) is 0 Å². The van der Waals surface area contributed by atoms with Gasteiger partial charge >= 0.3 is 11.7 Å². The molecule has 0 fully saturated rings. The van der Waals surface area contributed by atoms with E-state index in [9.17, 15) is 9.59 Å². The van der Waals surface area contributed by atoms with E-state index < -0.39 is 11.7 Å². The minimum Gasteiger partial charge on any atom is -0.481 e. The summed E-state index contributed by atoms with van der Waals surface area (Å²) in [5, 5.41) is 8.96. The molecular formula is C14H16N4O3. The van der Waals surface area contributed by atoms with Crippen LogP contribution in [-0.2, 0) is 17.8 Å². The van der Waals surface area contributed by atoms with E-state index in [1.807, 2.05) is 6.92 Å². The van der Waals surface area contributed by atoms with E-state index in [0.29, 0.717) is 22.6 Å². The Balaban J connectivity index is 2.45. The fourth-order valence-corrected chi connectivity index (χ4v) is 2.10. The van der Waals surface area contributed by atoms with E-state index in [0.717, 1.165) is 5.69 Å². The standard InChI is InChI=1S/C14H16N4O3/c1-8-5-16-11(6-15-8)7-18-10(3)12(4-13(19)20)9(2)17-14(18)21/h5-6H,4,7H2,1-3H3,(H,19,20). The van der Waals surface area contributed by atoms with Crippen molar-refractivity contribution in [2.24, 2.45) is 0 Å². The molecule has 0 aliphatic heterocycles. The number of carboxylic acid groups (broad SMARTS) is 1. The number of aliphatic carboxylic acids is 1. The SMILES string of the molecule is Cc1cnc(Cn2c(C)c(CC(=O)O)c(C)nc2=O)cn1. The summed E-state index contributed by atoms with van der Waals surface area (Å²) >= 11 is 0. The molecule has 7 heteroatoms. The highest BCUT2D eigenvalue weighted by Gasteiger charge is 2.14. The molecule has 110 valence electrons. The predicted molar refractivity (Wildman–Crippen MR) is 75.2 cm³/mol. The number of rotatable bonds is 4. The van der Waals surface area contributed by atoms with Gasteiger partial charge in [-0.1, -0.05) is 0 Å². The van der Waals surface area contributed by atoms with Gasteiger partial charge in [0.05, 0.1) is 30.6 Å². The van der Waals surface area contributed by atoms with Gasteiger partial charge in [0.1, 0.15) is 0 Å². The van der Waals surface area contributed by atoms with Gasteiger partial charge in [0.2, 0.25) is 0 Å². The number of hydrogen-bond acceptors (Lipinski definition) is 5. The second-order valence-electron chi connectivity index (χ2n) is 4.85. The summed E-state index contributed by atoms with van der Waals surface area (Å²) < 4.78 is 1.42. The van der Waals surface area contributed by atoms with Crippen LogP contribution in [0.1, 0.15) is 28.3 Å². The van der Waals surface area contributed by atoms with E-state index in [1.54, 1.807) is 26.2 Å². The van der Waals surface area contributed by atoms with Crippen molar-refractivity contribution in [3.63, 3.8) is 0 Å². The van der Waals surface area contributed by atoms with Crippen LogP contribution in [0.4, 0.5) is 0 Å². The van der Waals surface area contributed by atoms with Gasteiger partial charge in [0.25, 0.3) is 0 Å². The van der Waals surface area contributed by atoms with Crippen LogP contribution in [-0.4, -0.2) is 30.6 Å². The van der Waals surface area contributed by atoms with Crippen LogP contribution in [0.3, 0.4) is 0 Å². The van der Waals surface area contributed by atoms with Gasteiger partial charge in [-0.3, -0.25) is 19.3 Å². The van der Waals surface area contributed by atoms with E-state index in [4.69, 9.17) is 5.11 Å². The molecule has 2 heterocycles. The normalized spacial score (nSPS) is 10.6. The van der Waals surface area contributed by atoms with E-state index in [-0.39, 0.29) is 13.0 Å². The van der Waals surface area contributed by atoms with Crippen LogP contribution in [0.2, 0.25) is 0 Å². The third-order valence-corrected chi connectivity index (χ3v) is 3.26. The maximum absolute atomic E-state index is 12.0. The second-order valence-corrected chi connectivity index (χ2v) is 4.85. The Hall–Kier alpha value is -2.57. The maximum atomic E-state index is 12.0. The maximum Gasteiger partial charge on any atom is 0.348 e. The lowest BCUT2D eigenvalue weighted by atomic mass is 10.1. The Morgan fingerprint density at radius 1 is 1.24 bits per heavy atom. The van der Waals surface area contributed by atoms with E-state index in [1.165, 1.54) is 4.57 Å². The number of carboxylic acids is 1. The number of aryl methyl sites for hydroxylation is 2. The summed E-state index contributed by atoms with van der Waals surface area (Å²) in [7, 11) is 0. The zero-order valence-electron chi connectivity index (χ0n) is 12.1. The molecule has 0 aliphatic carbocycles. The van der Waals surface area contributed by atoms with Gasteiger partial charge in [-0.15, -0.1) is 0 Å². The Morgan fingerprint density at radius 2 is 1.95 bits per heavy atom. The van der Waals surface area contributed by atoms with Crippen LogP contribution < -0.4 is 5.69 Å². The molecule has 0 amide bonds. The first-order valence-corrected chi connectivity index (χ1v) is 6.44. The molecular weight excluding hydrogens is 272 g/mol. The van der Waals surface area contributed by atoms with E-state index >= 15 is 0 Å². The molecule has 0 bridgehead atoms. The zero-order chi connectivity index (χ0) is 15.6. The van der Waals surface area contributed by atoms with Crippen molar-refractivity contribution in [2.75, 3.05) is 0 Å². The average Bonchev–Trinajstić information content (AvgIpc) is 2.41. The minimum atomic E-state index is -0.955.